The van der Waals surface area contributed by atoms with Gasteiger partial charge in [0, 0.05) is 5.39 Å². The fourth-order valence-electron chi connectivity index (χ4n) is 1.70. The normalized spacial score (nSPS) is 9.79. The number of hydrogen-bond donors (Lipinski definition) is 1. The first kappa shape index (κ1) is 13.1. The van der Waals surface area contributed by atoms with Crippen LogP contribution >= 0.6 is 0 Å². The van der Waals surface area contributed by atoms with Gasteiger partial charge in [-0.3, -0.25) is 0 Å². The molecule has 1 heterocycles. The van der Waals surface area contributed by atoms with E-state index in [2.05, 4.69) is 16.8 Å². The van der Waals surface area contributed by atoms with Crippen molar-refractivity contribution in [2.24, 2.45) is 0 Å². The third kappa shape index (κ3) is 2.90. The number of ether oxygens (including phenoxy) is 1. The summed E-state index contributed by atoms with van der Waals surface area (Å²) in [7, 11) is 0. The molecule has 0 spiro atoms. The van der Waals surface area contributed by atoms with E-state index in [1.54, 1.807) is 13.0 Å². The summed E-state index contributed by atoms with van der Waals surface area (Å²) in [6.45, 7) is 1.75. The number of aliphatic hydroxyl groups excluding tert-OH is 1. The van der Waals surface area contributed by atoms with Crippen LogP contribution in [0.15, 0.2) is 30.3 Å². The third-order valence-corrected chi connectivity index (χ3v) is 2.51. The van der Waals surface area contributed by atoms with Gasteiger partial charge < -0.3 is 9.84 Å². The van der Waals surface area contributed by atoms with Crippen LogP contribution in [0.25, 0.3) is 10.9 Å². The number of hydrogen-bond acceptors (Lipinski definition) is 4. The third-order valence-electron chi connectivity index (χ3n) is 2.51. The molecule has 0 unspecified atom stereocenters. The standard InChI is InChI=1S/C15H13NO3/c1-2-19-15(18)12-10-11-6-3-4-7-13(11)16-14(12)8-5-9-17/h3-4,6-7,10,17H,2,9H2,1H3. The molecular weight excluding hydrogens is 242 g/mol. The number of nitrogens with zero attached hydrogens (tertiary/aromatic N) is 1. The number of fused-ring (bicyclic) bond motifs is 1. The van der Waals surface area contributed by atoms with Crippen LogP contribution < -0.4 is 0 Å². The number of carbonyl (C=O) groups is 1. The van der Waals surface area contributed by atoms with Gasteiger partial charge in [0.15, 0.2) is 0 Å². The lowest BCUT2D eigenvalue weighted by atomic mass is 10.1. The molecule has 0 aliphatic heterocycles. The number of aromatic nitrogens is 1. The van der Waals surface area contributed by atoms with Gasteiger partial charge in [0.1, 0.15) is 12.3 Å². The van der Waals surface area contributed by atoms with Crippen LogP contribution in [0.2, 0.25) is 0 Å². The molecule has 0 radical (unpaired) electrons. The van der Waals surface area contributed by atoms with Crippen LogP contribution in [-0.2, 0) is 4.74 Å². The molecule has 0 bridgehead atoms. The summed E-state index contributed by atoms with van der Waals surface area (Å²) < 4.78 is 4.99. The number of aliphatic hydroxyl groups is 1. The van der Waals surface area contributed by atoms with E-state index in [9.17, 15) is 4.79 Å². The minimum atomic E-state index is -0.456. The second-order valence-electron chi connectivity index (χ2n) is 3.76. The first-order valence-electron chi connectivity index (χ1n) is 5.93. The fourth-order valence-corrected chi connectivity index (χ4v) is 1.70. The average molecular weight is 255 g/mol. The van der Waals surface area contributed by atoms with Crippen LogP contribution in [0, 0.1) is 11.8 Å². The largest absolute Gasteiger partial charge is 0.462 e. The molecule has 0 aliphatic rings. The molecule has 2 rings (SSSR count). The summed E-state index contributed by atoms with van der Waals surface area (Å²) in [6, 6.07) is 9.16. The molecule has 0 saturated heterocycles. The first-order valence-corrected chi connectivity index (χ1v) is 5.93. The van der Waals surface area contributed by atoms with Gasteiger partial charge >= 0.3 is 5.97 Å². The van der Waals surface area contributed by atoms with Gasteiger partial charge in [-0.05, 0) is 25.0 Å². The molecule has 0 aliphatic carbocycles. The molecule has 2 aromatic rings. The maximum absolute atomic E-state index is 11.9. The van der Waals surface area contributed by atoms with Crippen LogP contribution in [0.1, 0.15) is 23.0 Å². The Morgan fingerprint density at radius 2 is 2.21 bits per heavy atom. The van der Waals surface area contributed by atoms with Crippen molar-refractivity contribution < 1.29 is 14.6 Å². The molecule has 96 valence electrons. The van der Waals surface area contributed by atoms with Gasteiger partial charge in [0.25, 0.3) is 0 Å². The minimum Gasteiger partial charge on any atom is -0.462 e. The van der Waals surface area contributed by atoms with Gasteiger partial charge in [0.2, 0.25) is 0 Å². The topological polar surface area (TPSA) is 59.4 Å². The zero-order chi connectivity index (χ0) is 13.7. The van der Waals surface area contributed by atoms with Gasteiger partial charge in [-0.2, -0.15) is 0 Å². The van der Waals surface area contributed by atoms with Crippen molar-refractivity contribution >= 4 is 16.9 Å². The van der Waals surface area contributed by atoms with E-state index >= 15 is 0 Å². The van der Waals surface area contributed by atoms with Crippen molar-refractivity contribution in [2.45, 2.75) is 6.92 Å². The van der Waals surface area contributed by atoms with Crippen molar-refractivity contribution in [3.63, 3.8) is 0 Å². The second kappa shape index (κ2) is 5.98. The Balaban J connectivity index is 2.60. The SMILES string of the molecule is CCOC(=O)c1cc2ccccc2nc1C#CCO. The Labute approximate surface area is 111 Å². The summed E-state index contributed by atoms with van der Waals surface area (Å²) >= 11 is 0. The van der Waals surface area contributed by atoms with Gasteiger partial charge in [-0.1, -0.05) is 24.1 Å². The summed E-state index contributed by atoms with van der Waals surface area (Å²) in [5.74, 6) is 4.73. The summed E-state index contributed by atoms with van der Waals surface area (Å²) in [4.78, 5) is 16.2. The Morgan fingerprint density at radius 3 is 2.95 bits per heavy atom. The molecule has 0 saturated carbocycles. The number of esters is 1. The van der Waals surface area contributed by atoms with Gasteiger partial charge in [-0.15, -0.1) is 0 Å². The fraction of sp³-hybridized carbons (Fsp3) is 0.200. The highest BCUT2D eigenvalue weighted by Crippen LogP contribution is 2.17. The highest BCUT2D eigenvalue weighted by atomic mass is 16.5. The average Bonchev–Trinajstić information content (AvgIpc) is 2.44. The molecule has 0 atom stereocenters. The molecule has 4 heteroatoms. The number of rotatable bonds is 2. The predicted molar refractivity (Wildman–Crippen MR) is 71.7 cm³/mol. The van der Waals surface area contributed by atoms with Crippen molar-refractivity contribution in [3.05, 3.63) is 41.6 Å². The van der Waals surface area contributed by atoms with E-state index in [0.717, 1.165) is 10.9 Å². The molecule has 0 amide bonds. The highest BCUT2D eigenvalue weighted by molar-refractivity contribution is 5.96. The summed E-state index contributed by atoms with van der Waals surface area (Å²) in [5.41, 5.74) is 1.39. The van der Waals surface area contributed by atoms with E-state index in [1.807, 2.05) is 24.3 Å². The first-order chi connectivity index (χ1) is 9.26. The van der Waals surface area contributed by atoms with Crippen molar-refractivity contribution in [2.75, 3.05) is 13.2 Å². The molecule has 4 nitrogen and oxygen atoms in total. The molecule has 1 N–H and O–H groups in total. The lowest BCUT2D eigenvalue weighted by Crippen LogP contribution is -2.08. The number of para-hydroxylation sites is 1. The van der Waals surface area contributed by atoms with Crippen LogP contribution in [0.5, 0.6) is 0 Å². The van der Waals surface area contributed by atoms with E-state index < -0.39 is 5.97 Å². The molecule has 0 fully saturated rings. The van der Waals surface area contributed by atoms with E-state index in [-0.39, 0.29) is 6.61 Å². The monoisotopic (exact) mass is 255 g/mol. The van der Waals surface area contributed by atoms with E-state index in [4.69, 9.17) is 9.84 Å². The quantitative estimate of drug-likeness (QED) is 0.656. The molecular formula is C15H13NO3. The Bertz CT molecular complexity index is 668. The van der Waals surface area contributed by atoms with Crippen LogP contribution in [0.3, 0.4) is 0 Å². The van der Waals surface area contributed by atoms with Gasteiger partial charge in [-0.25, -0.2) is 9.78 Å². The lowest BCUT2D eigenvalue weighted by Gasteiger charge is -2.06. The zero-order valence-electron chi connectivity index (χ0n) is 10.5. The van der Waals surface area contributed by atoms with Crippen LogP contribution in [-0.4, -0.2) is 29.3 Å². The zero-order valence-corrected chi connectivity index (χ0v) is 10.5. The van der Waals surface area contributed by atoms with Crippen LogP contribution in [0.4, 0.5) is 0 Å². The van der Waals surface area contributed by atoms with Crippen molar-refractivity contribution in [1.82, 2.24) is 4.98 Å². The molecule has 1 aromatic heterocycles. The van der Waals surface area contributed by atoms with Gasteiger partial charge in [0.05, 0.1) is 17.7 Å². The number of pyridine rings is 1. The van der Waals surface area contributed by atoms with E-state index in [0.29, 0.717) is 17.9 Å². The minimum absolute atomic E-state index is 0.281. The van der Waals surface area contributed by atoms with Crippen molar-refractivity contribution in [3.8, 4) is 11.8 Å². The molecule has 19 heavy (non-hydrogen) atoms. The second-order valence-corrected chi connectivity index (χ2v) is 3.76. The summed E-state index contributed by atoms with van der Waals surface area (Å²) in [5, 5.41) is 9.60. The predicted octanol–water partition coefficient (Wildman–Crippen LogP) is 1.76. The number of carbonyl (C=O) groups excluding carboxylic acids is 1. The number of benzene rings is 1. The van der Waals surface area contributed by atoms with Crippen molar-refractivity contribution in [1.29, 1.82) is 0 Å². The Kier molecular flexibility index (Phi) is 4.11. The smallest absolute Gasteiger partial charge is 0.341 e. The lowest BCUT2D eigenvalue weighted by molar-refractivity contribution is 0.0526. The highest BCUT2D eigenvalue weighted by Gasteiger charge is 2.14. The Hall–Kier alpha value is -2.38. The Morgan fingerprint density at radius 1 is 1.42 bits per heavy atom. The molecule has 1 aromatic carbocycles. The summed E-state index contributed by atoms with van der Waals surface area (Å²) in [6.07, 6.45) is 0. The van der Waals surface area contributed by atoms with E-state index in [1.165, 1.54) is 0 Å². The maximum atomic E-state index is 11.9. The maximum Gasteiger partial charge on any atom is 0.341 e.